The van der Waals surface area contributed by atoms with Crippen LogP contribution >= 0.6 is 27.9 Å². The van der Waals surface area contributed by atoms with Crippen LogP contribution in [0.25, 0.3) is 0 Å². The predicted molar refractivity (Wildman–Crippen MR) is 51.6 cm³/mol. The first-order valence-corrected chi connectivity index (χ1v) is 5.67. The summed E-state index contributed by atoms with van der Waals surface area (Å²) >= 11 is 5.52. The summed E-state index contributed by atoms with van der Waals surface area (Å²) in [6.07, 6.45) is 4.18. The van der Waals surface area contributed by atoms with E-state index in [1.54, 1.807) is 0 Å². The van der Waals surface area contributed by atoms with Crippen LogP contribution in [0.1, 0.15) is 19.3 Å². The van der Waals surface area contributed by atoms with Gasteiger partial charge >= 0.3 is 0 Å². The lowest BCUT2D eigenvalue weighted by Crippen LogP contribution is -2.11. The van der Waals surface area contributed by atoms with Crippen LogP contribution in [0, 0.1) is 5.92 Å². The van der Waals surface area contributed by atoms with Gasteiger partial charge in [-0.2, -0.15) is 0 Å². The fourth-order valence-corrected chi connectivity index (χ4v) is 3.17. The highest BCUT2D eigenvalue weighted by Gasteiger charge is 2.24. The molecule has 1 aliphatic carbocycles. The van der Waals surface area contributed by atoms with E-state index in [2.05, 4.69) is 20.7 Å². The van der Waals surface area contributed by atoms with E-state index in [1.807, 2.05) is 19.0 Å². The molecule has 2 atom stereocenters. The fourth-order valence-electron chi connectivity index (χ4n) is 1.37. The van der Waals surface area contributed by atoms with Gasteiger partial charge in [0, 0.05) is 10.6 Å². The lowest BCUT2D eigenvalue weighted by Gasteiger charge is -2.11. The lowest BCUT2D eigenvalue weighted by atomic mass is 10.1. The summed E-state index contributed by atoms with van der Waals surface area (Å²) in [6, 6.07) is 0. The third kappa shape index (κ3) is 2.44. The number of halogens is 1. The monoisotopic (exact) mass is 223 g/mol. The van der Waals surface area contributed by atoms with Gasteiger partial charge in [-0.1, -0.05) is 34.3 Å². The van der Waals surface area contributed by atoms with E-state index < -0.39 is 0 Å². The molecule has 60 valence electrons. The third-order valence-electron chi connectivity index (χ3n) is 2.01. The molecule has 10 heavy (non-hydrogen) atoms. The number of nitrogens with one attached hydrogen (secondary N) is 1. The quantitative estimate of drug-likeness (QED) is 0.583. The average molecular weight is 224 g/mol. The van der Waals surface area contributed by atoms with Gasteiger partial charge in [-0.15, -0.1) is 0 Å². The Morgan fingerprint density at radius 3 is 2.90 bits per heavy atom. The van der Waals surface area contributed by atoms with Gasteiger partial charge in [0.2, 0.25) is 0 Å². The Kier molecular flexibility index (Phi) is 4.11. The van der Waals surface area contributed by atoms with Crippen LogP contribution in [-0.2, 0) is 0 Å². The van der Waals surface area contributed by atoms with Gasteiger partial charge in [-0.25, -0.2) is 0 Å². The highest BCUT2D eigenvalue weighted by atomic mass is 79.9. The number of alkyl halides is 1. The van der Waals surface area contributed by atoms with Crippen molar-refractivity contribution < 1.29 is 0 Å². The van der Waals surface area contributed by atoms with Gasteiger partial charge in [-0.3, -0.25) is 4.72 Å². The maximum absolute atomic E-state index is 3.69. The minimum absolute atomic E-state index is 0.786. The van der Waals surface area contributed by atoms with Gasteiger partial charge in [0.05, 0.1) is 0 Å². The molecule has 3 heteroatoms. The summed E-state index contributed by atoms with van der Waals surface area (Å²) in [5, 5.41) is 0. The van der Waals surface area contributed by atoms with E-state index in [9.17, 15) is 0 Å². The van der Waals surface area contributed by atoms with Crippen LogP contribution in [0.2, 0.25) is 0 Å². The van der Waals surface area contributed by atoms with Crippen molar-refractivity contribution in [2.24, 2.45) is 5.92 Å². The van der Waals surface area contributed by atoms with Crippen LogP contribution < -0.4 is 4.72 Å². The molecule has 1 N–H and O–H groups in total. The summed E-state index contributed by atoms with van der Waals surface area (Å²) < 4.78 is 3.11. The van der Waals surface area contributed by atoms with Crippen molar-refractivity contribution in [3.8, 4) is 0 Å². The predicted octanol–water partition coefficient (Wildman–Crippen LogP) is 2.42. The summed E-state index contributed by atoms with van der Waals surface area (Å²) in [6.45, 7) is 0. The number of hydrogen-bond acceptors (Lipinski definition) is 2. The molecule has 0 bridgehead atoms. The van der Waals surface area contributed by atoms with Crippen molar-refractivity contribution in [1.82, 2.24) is 4.72 Å². The van der Waals surface area contributed by atoms with Gasteiger partial charge in [0.1, 0.15) is 0 Å². The SMILES string of the molecule is CNSC[C@@H]1CCCC1Br. The molecular formula is C7H14BrNS. The normalized spacial score (nSPS) is 33.0. The Labute approximate surface area is 75.6 Å². The minimum Gasteiger partial charge on any atom is -0.267 e. The van der Waals surface area contributed by atoms with Gasteiger partial charge in [-0.05, 0) is 25.8 Å². The first-order chi connectivity index (χ1) is 4.84. The Balaban J connectivity index is 2.14. The Hall–Kier alpha value is 0.790. The first kappa shape index (κ1) is 8.88. The molecule has 0 saturated heterocycles. The van der Waals surface area contributed by atoms with Gasteiger partial charge < -0.3 is 0 Å². The van der Waals surface area contributed by atoms with Crippen LogP contribution in [0.4, 0.5) is 0 Å². The molecule has 1 unspecified atom stereocenters. The number of hydrogen-bond donors (Lipinski definition) is 1. The van der Waals surface area contributed by atoms with Crippen molar-refractivity contribution >= 4 is 27.9 Å². The summed E-state index contributed by atoms with van der Waals surface area (Å²) in [5.41, 5.74) is 0. The maximum Gasteiger partial charge on any atom is 0.0182 e. The standard InChI is InChI=1S/C7H14BrNS/c1-9-10-5-6-3-2-4-7(6)8/h6-7,9H,2-5H2,1H3/t6-,7?/m0/s1. The van der Waals surface area contributed by atoms with E-state index in [0.717, 1.165) is 10.7 Å². The van der Waals surface area contributed by atoms with E-state index in [1.165, 1.54) is 25.0 Å². The molecule has 0 spiro atoms. The summed E-state index contributed by atoms with van der Waals surface area (Å²) in [4.78, 5) is 0.786. The van der Waals surface area contributed by atoms with Crippen molar-refractivity contribution in [2.45, 2.75) is 24.1 Å². The van der Waals surface area contributed by atoms with Crippen molar-refractivity contribution in [2.75, 3.05) is 12.8 Å². The summed E-state index contributed by atoms with van der Waals surface area (Å²) in [7, 11) is 1.99. The number of rotatable bonds is 3. The van der Waals surface area contributed by atoms with Crippen LogP contribution in [0.15, 0.2) is 0 Å². The van der Waals surface area contributed by atoms with Gasteiger partial charge in [0.25, 0.3) is 0 Å². The molecule has 0 heterocycles. The highest BCUT2D eigenvalue weighted by molar-refractivity contribution is 9.09. The fraction of sp³-hybridized carbons (Fsp3) is 1.00. The van der Waals surface area contributed by atoms with E-state index in [-0.39, 0.29) is 0 Å². The van der Waals surface area contributed by atoms with Crippen LogP contribution in [0.5, 0.6) is 0 Å². The summed E-state index contributed by atoms with van der Waals surface area (Å²) in [5.74, 6) is 2.16. The molecule has 0 aromatic rings. The molecule has 1 nitrogen and oxygen atoms in total. The zero-order valence-electron chi connectivity index (χ0n) is 6.27. The molecule has 0 aromatic carbocycles. The molecule has 0 amide bonds. The van der Waals surface area contributed by atoms with Crippen molar-refractivity contribution in [3.63, 3.8) is 0 Å². The van der Waals surface area contributed by atoms with E-state index >= 15 is 0 Å². The first-order valence-electron chi connectivity index (χ1n) is 3.77. The van der Waals surface area contributed by atoms with E-state index in [4.69, 9.17) is 0 Å². The lowest BCUT2D eigenvalue weighted by molar-refractivity contribution is 0.641. The Bertz CT molecular complexity index is 99.6. The molecule has 1 aliphatic rings. The highest BCUT2D eigenvalue weighted by Crippen LogP contribution is 2.32. The molecule has 1 fully saturated rings. The van der Waals surface area contributed by atoms with Crippen molar-refractivity contribution in [3.05, 3.63) is 0 Å². The third-order valence-corrected chi connectivity index (χ3v) is 4.10. The second-order valence-corrected chi connectivity index (χ2v) is 4.93. The molecule has 1 saturated carbocycles. The zero-order chi connectivity index (χ0) is 7.40. The van der Waals surface area contributed by atoms with Gasteiger partial charge in [0.15, 0.2) is 0 Å². The zero-order valence-corrected chi connectivity index (χ0v) is 8.67. The molecular weight excluding hydrogens is 210 g/mol. The molecule has 0 radical (unpaired) electrons. The average Bonchev–Trinajstić information content (AvgIpc) is 2.31. The topological polar surface area (TPSA) is 12.0 Å². The Morgan fingerprint density at radius 2 is 2.40 bits per heavy atom. The second kappa shape index (κ2) is 4.62. The van der Waals surface area contributed by atoms with Crippen LogP contribution in [-0.4, -0.2) is 17.6 Å². The minimum atomic E-state index is 0.786. The molecule has 0 aromatic heterocycles. The molecule has 1 rings (SSSR count). The van der Waals surface area contributed by atoms with E-state index in [0.29, 0.717) is 0 Å². The maximum atomic E-state index is 3.69. The smallest absolute Gasteiger partial charge is 0.0182 e. The molecule has 0 aliphatic heterocycles. The second-order valence-electron chi connectivity index (χ2n) is 2.72. The largest absolute Gasteiger partial charge is 0.267 e. The van der Waals surface area contributed by atoms with Crippen LogP contribution in [0.3, 0.4) is 0 Å². The van der Waals surface area contributed by atoms with Crippen molar-refractivity contribution in [1.29, 1.82) is 0 Å². The Morgan fingerprint density at radius 1 is 1.60 bits per heavy atom.